The molecule has 12 aliphatic carbocycles. The average molecular weight is 1840 g/mol. The fourth-order valence-corrected chi connectivity index (χ4v) is 28.8. The van der Waals surface area contributed by atoms with Gasteiger partial charge in [-0.15, -0.1) is 0 Å². The molecule has 6 nitrogen and oxygen atoms in total. The molecule has 0 radical (unpaired) electrons. The van der Waals surface area contributed by atoms with E-state index in [2.05, 4.69) is 466 Å². The predicted molar refractivity (Wildman–Crippen MR) is 594 cm³/mol. The maximum atomic E-state index is 2.59. The van der Waals surface area contributed by atoms with Crippen molar-refractivity contribution >= 4 is 67.6 Å². The van der Waals surface area contributed by atoms with E-state index in [9.17, 15) is 0 Å². The van der Waals surface area contributed by atoms with E-state index in [1.165, 1.54) is 258 Å². The first-order valence-electron chi connectivity index (χ1n) is 52.3. The second kappa shape index (κ2) is 32.4. The summed E-state index contributed by atoms with van der Waals surface area (Å²) >= 11 is 0. The Balaban J connectivity index is 0.0000000788. The number of nitrogens with zero attached hydrogens (tertiary/aromatic N) is 6. The number of rotatable bonds is 0. The van der Waals surface area contributed by atoms with Crippen molar-refractivity contribution < 1.29 is 0 Å². The molecule has 6 atom stereocenters. The molecule has 36 rings (SSSR count). The molecule has 0 N–H and O–H groups in total. The molecule has 0 amide bonds. The van der Waals surface area contributed by atoms with Crippen molar-refractivity contribution in [1.82, 2.24) is 0 Å². The molecule has 684 valence electrons. The van der Waals surface area contributed by atoms with E-state index >= 15 is 0 Å². The van der Waals surface area contributed by atoms with Crippen molar-refractivity contribution in [3.8, 4) is 33.4 Å². The Hall–Kier alpha value is -16.8. The number of anilines is 6. The molecule has 1 fully saturated rings. The van der Waals surface area contributed by atoms with Crippen molar-refractivity contribution in [3.05, 3.63) is 605 Å². The fraction of sp³-hybridized carbons (Fsp3) is 0.130. The van der Waals surface area contributed by atoms with E-state index in [0.29, 0.717) is 36.3 Å². The molecular formula is C138H102N6. The van der Waals surface area contributed by atoms with E-state index in [0.717, 1.165) is 77.0 Å². The molecule has 24 aliphatic rings. The zero-order chi connectivity index (χ0) is 94.0. The summed E-state index contributed by atoms with van der Waals surface area (Å²) in [5, 5.41) is 0. The van der Waals surface area contributed by atoms with E-state index in [1.54, 1.807) is 11.1 Å². The molecule has 0 bridgehead atoms. The number of piperidine rings is 1. The van der Waals surface area contributed by atoms with Gasteiger partial charge in [0.25, 0.3) is 0 Å². The van der Waals surface area contributed by atoms with Crippen molar-refractivity contribution in [2.75, 3.05) is 29.4 Å². The van der Waals surface area contributed by atoms with Gasteiger partial charge in [0.2, 0.25) is 0 Å². The number of hydrogen-bond acceptors (Lipinski definition) is 6. The van der Waals surface area contributed by atoms with E-state index < -0.39 is 0 Å². The normalized spacial score (nSPS) is 22.3. The third kappa shape index (κ3) is 11.9. The summed E-state index contributed by atoms with van der Waals surface area (Å²) in [5.74, 6) is 0. The van der Waals surface area contributed by atoms with Crippen LogP contribution in [-0.4, -0.2) is 0 Å². The molecule has 6 heteroatoms. The Kier molecular flexibility index (Phi) is 18.4. The molecule has 12 aliphatic heterocycles. The number of para-hydroxylation sites is 6. The predicted octanol–water partition coefficient (Wildman–Crippen LogP) is 34.0. The second-order valence-corrected chi connectivity index (χ2v) is 41.1. The van der Waals surface area contributed by atoms with E-state index in [4.69, 9.17) is 0 Å². The van der Waals surface area contributed by atoms with E-state index in [1.807, 2.05) is 0 Å². The van der Waals surface area contributed by atoms with Crippen molar-refractivity contribution in [3.63, 3.8) is 0 Å². The van der Waals surface area contributed by atoms with Crippen LogP contribution in [0.25, 0.3) is 66.8 Å². The molecule has 0 spiro atoms. The number of allylic oxidation sites excluding steroid dienone is 30. The maximum absolute atomic E-state index is 2.59. The van der Waals surface area contributed by atoms with Gasteiger partial charge in [0.1, 0.15) is 0 Å². The monoisotopic (exact) mass is 1840 g/mol. The molecule has 0 saturated carbocycles. The second-order valence-electron chi connectivity index (χ2n) is 41.1. The van der Waals surface area contributed by atoms with Crippen LogP contribution in [0.5, 0.6) is 0 Å². The number of fused-ring (bicyclic) bond motifs is 62. The minimum Gasteiger partial charge on any atom is -0.329 e. The molecule has 144 heavy (non-hydrogen) atoms. The van der Waals surface area contributed by atoms with Crippen molar-refractivity contribution in [1.29, 1.82) is 0 Å². The van der Waals surface area contributed by atoms with Gasteiger partial charge in [-0.1, -0.05) is 401 Å². The standard InChI is InChI=1S/6C23H17N/c3*1-2-9-19-15(7-1)18-11-6-14-22(18)24-21-13-4-3-8-17(21)16-10-5-12-20(16)23(19)24;3*1-2-9-19-15(7-1)17-8-3-4-13-21(17)24-22-14-6-11-18(22)16-10-5-12-20(16)23(19)24/h1-4,7-14,23H,5-6H2;1-5,7-9,11-14,23H,6,10H2;1-5,7-11,13-14,23H,6,12H2;1-4,7-14,23H,5-6H2;1-5,7-9,11-14,23H,6,10H2;1-5,7-11,13-14,23H,6,12H2. The van der Waals surface area contributed by atoms with Gasteiger partial charge in [-0.2, -0.15) is 0 Å². The largest absolute Gasteiger partial charge is 0.329 e. The first-order chi connectivity index (χ1) is 71.6. The van der Waals surface area contributed by atoms with Crippen LogP contribution in [0.1, 0.15) is 180 Å². The van der Waals surface area contributed by atoms with Gasteiger partial charge in [0.05, 0.1) is 36.3 Å². The van der Waals surface area contributed by atoms with Crippen molar-refractivity contribution in [2.45, 2.75) is 113 Å². The summed E-state index contributed by atoms with van der Waals surface area (Å²) in [6.45, 7) is 0. The highest BCUT2D eigenvalue weighted by Gasteiger charge is 2.51. The van der Waals surface area contributed by atoms with Crippen LogP contribution < -0.4 is 29.4 Å². The van der Waals surface area contributed by atoms with Gasteiger partial charge in [0, 0.05) is 130 Å². The summed E-state index contributed by atoms with van der Waals surface area (Å²) in [5.41, 5.74) is 68.1. The Bertz CT molecular complexity index is 8450. The Morgan fingerprint density at radius 2 is 0.438 bits per heavy atom. The summed E-state index contributed by atoms with van der Waals surface area (Å²) in [6, 6.07) is 109. The molecule has 6 unspecified atom stereocenters. The van der Waals surface area contributed by atoms with Crippen LogP contribution in [0, 0.1) is 0 Å². The molecule has 12 aromatic rings. The van der Waals surface area contributed by atoms with Crippen LogP contribution in [0.4, 0.5) is 34.1 Å². The van der Waals surface area contributed by atoms with Crippen LogP contribution in [0.2, 0.25) is 0 Å². The van der Waals surface area contributed by atoms with E-state index in [-0.39, 0.29) is 0 Å². The van der Waals surface area contributed by atoms with Gasteiger partial charge in [-0.05, 0) is 253 Å². The van der Waals surface area contributed by atoms with Gasteiger partial charge >= 0.3 is 0 Å². The first-order valence-corrected chi connectivity index (χ1v) is 52.3. The highest BCUT2D eigenvalue weighted by atomic mass is 15.2. The first kappa shape index (κ1) is 82.0. The lowest BCUT2D eigenvalue weighted by atomic mass is 9.78. The van der Waals surface area contributed by atoms with Gasteiger partial charge in [-0.25, -0.2) is 0 Å². The summed E-state index contributed by atoms with van der Waals surface area (Å²) < 4.78 is 0. The smallest absolute Gasteiger partial charge is 0.0854 e. The number of hydrogen-bond donors (Lipinski definition) is 0. The molecule has 0 aromatic heterocycles. The van der Waals surface area contributed by atoms with Gasteiger partial charge in [-0.3, -0.25) is 0 Å². The van der Waals surface area contributed by atoms with Crippen molar-refractivity contribution in [2.24, 2.45) is 0 Å². The average Bonchev–Trinajstić information content (AvgIpc) is 1.52. The Morgan fingerprint density at radius 3 is 0.931 bits per heavy atom. The lowest BCUT2D eigenvalue weighted by Crippen LogP contribution is -2.37. The Morgan fingerprint density at radius 1 is 0.167 bits per heavy atom. The summed E-state index contributed by atoms with van der Waals surface area (Å²) in [7, 11) is 0. The third-order valence-corrected chi connectivity index (χ3v) is 34.3. The third-order valence-electron chi connectivity index (χ3n) is 34.3. The topological polar surface area (TPSA) is 19.4 Å². The van der Waals surface area contributed by atoms with Gasteiger partial charge < -0.3 is 29.4 Å². The lowest BCUT2D eigenvalue weighted by molar-refractivity contribution is 0.729. The zero-order valence-electron chi connectivity index (χ0n) is 80.2. The summed E-state index contributed by atoms with van der Waals surface area (Å²) in [6.07, 6.45) is 69.6. The SMILES string of the molecule is C1=C2C(=CC1)N1c3ccccc3C3=CCC=C3C1c1ccccc12.C1=C2C3=CCC=C3N3c4ccccc4-c4ccccc4C3C2=CC1.C1=CC2=C(C1)C1=CCC=C1N1c3ccccc3-c3ccccc3C21.C1=CC2=C(C1)C1c3ccccc3-c3ccccc3N1C1=CCC=C12.C1=CC2=C(C1)C1c3ccccc3C3=CCC=C3N1c1ccccc12.C1=CC2=C(C1)c1ccccc1N1C3=CCC=C3c3ccccc3C21. The number of benzene rings is 12. The highest BCUT2D eigenvalue weighted by molar-refractivity contribution is 6.05. The van der Waals surface area contributed by atoms with Crippen LogP contribution in [-0.2, 0) is 0 Å². The highest BCUT2D eigenvalue weighted by Crippen LogP contribution is 2.66. The lowest BCUT2D eigenvalue weighted by Gasteiger charge is -2.46. The molecular weight excluding hydrogens is 1740 g/mol. The minimum atomic E-state index is 0.311. The quantitative estimate of drug-likeness (QED) is 0.150. The maximum Gasteiger partial charge on any atom is 0.0854 e. The van der Waals surface area contributed by atoms with Crippen LogP contribution in [0.15, 0.2) is 538 Å². The summed E-state index contributed by atoms with van der Waals surface area (Å²) in [4.78, 5) is 15.5. The zero-order valence-corrected chi connectivity index (χ0v) is 80.2. The minimum absolute atomic E-state index is 0.311. The van der Waals surface area contributed by atoms with Crippen LogP contribution in [0.3, 0.4) is 0 Å². The fourth-order valence-electron chi connectivity index (χ4n) is 28.8. The Labute approximate surface area is 842 Å². The molecule has 12 heterocycles. The molecule has 1 saturated heterocycles. The van der Waals surface area contributed by atoms with Crippen LogP contribution >= 0.6 is 0 Å². The van der Waals surface area contributed by atoms with Gasteiger partial charge in [0.15, 0.2) is 0 Å². The molecule has 12 aromatic carbocycles.